The third kappa shape index (κ3) is 1.54. The predicted octanol–water partition coefficient (Wildman–Crippen LogP) is 1.44. The highest BCUT2D eigenvalue weighted by molar-refractivity contribution is 5.90. The van der Waals surface area contributed by atoms with Crippen molar-refractivity contribution in [2.75, 3.05) is 5.73 Å². The van der Waals surface area contributed by atoms with Crippen molar-refractivity contribution in [3.05, 3.63) is 30.0 Å². The Morgan fingerprint density at radius 2 is 2.20 bits per heavy atom. The van der Waals surface area contributed by atoms with E-state index in [0.29, 0.717) is 23.0 Å². The van der Waals surface area contributed by atoms with Crippen LogP contribution in [0.1, 0.15) is 10.4 Å². The number of nitrogens with zero attached hydrogens (tertiary/aromatic N) is 1. The van der Waals surface area contributed by atoms with Crippen LogP contribution in [0.15, 0.2) is 28.9 Å². The fraction of sp³-hybridized carbons (Fsp3) is 0. The number of phenolic OH excluding ortho intramolecular Hbond substituents is 1. The van der Waals surface area contributed by atoms with Crippen molar-refractivity contribution in [1.29, 1.82) is 0 Å². The van der Waals surface area contributed by atoms with Gasteiger partial charge in [0.15, 0.2) is 6.29 Å². The number of carbonyl (C=O) groups excluding carboxylic acids is 1. The first kappa shape index (κ1) is 9.26. The van der Waals surface area contributed by atoms with Gasteiger partial charge in [-0.05, 0) is 23.8 Å². The van der Waals surface area contributed by atoms with Crippen LogP contribution in [0.25, 0.3) is 11.1 Å². The summed E-state index contributed by atoms with van der Waals surface area (Å²) >= 11 is 0. The molecular formula is C10H8N2O3. The van der Waals surface area contributed by atoms with E-state index >= 15 is 0 Å². The molecule has 2 rings (SSSR count). The van der Waals surface area contributed by atoms with E-state index in [-0.39, 0.29) is 11.6 Å². The average Bonchev–Trinajstić information content (AvgIpc) is 2.64. The zero-order chi connectivity index (χ0) is 10.8. The summed E-state index contributed by atoms with van der Waals surface area (Å²) in [5.41, 5.74) is 6.99. The van der Waals surface area contributed by atoms with Crippen LogP contribution in [0.3, 0.4) is 0 Å². The summed E-state index contributed by atoms with van der Waals surface area (Å²) in [6.07, 6.45) is 2.07. The standard InChI is InChI=1S/C10H8N2O3/c11-10-9(4-12-15-10)8-2-1-7(14)3-6(8)5-13/h1-5,14H,11H2. The summed E-state index contributed by atoms with van der Waals surface area (Å²) < 4.78 is 4.70. The molecule has 0 amide bonds. The Morgan fingerprint density at radius 1 is 1.40 bits per heavy atom. The maximum Gasteiger partial charge on any atom is 0.229 e. The van der Waals surface area contributed by atoms with E-state index in [2.05, 4.69) is 5.16 Å². The second-order valence-corrected chi connectivity index (χ2v) is 2.99. The number of nitrogens with two attached hydrogens (primary N) is 1. The van der Waals surface area contributed by atoms with Gasteiger partial charge in [-0.1, -0.05) is 5.16 Å². The molecule has 0 aliphatic heterocycles. The van der Waals surface area contributed by atoms with Crippen LogP contribution >= 0.6 is 0 Å². The lowest BCUT2D eigenvalue weighted by Gasteiger charge is -2.02. The van der Waals surface area contributed by atoms with Crippen LogP contribution in [0.2, 0.25) is 0 Å². The van der Waals surface area contributed by atoms with Crippen LogP contribution in [-0.4, -0.2) is 16.5 Å². The topological polar surface area (TPSA) is 89.3 Å². The molecule has 0 radical (unpaired) electrons. The molecule has 0 atom stereocenters. The van der Waals surface area contributed by atoms with Crippen LogP contribution < -0.4 is 5.73 Å². The van der Waals surface area contributed by atoms with Gasteiger partial charge in [0.2, 0.25) is 5.88 Å². The highest BCUT2D eigenvalue weighted by Crippen LogP contribution is 2.29. The van der Waals surface area contributed by atoms with Crippen LogP contribution in [-0.2, 0) is 0 Å². The molecule has 0 saturated heterocycles. The number of aldehydes is 1. The van der Waals surface area contributed by atoms with Gasteiger partial charge in [-0.15, -0.1) is 0 Å². The second-order valence-electron chi connectivity index (χ2n) is 2.99. The highest BCUT2D eigenvalue weighted by Gasteiger charge is 2.11. The van der Waals surface area contributed by atoms with E-state index in [1.807, 2.05) is 0 Å². The summed E-state index contributed by atoms with van der Waals surface area (Å²) in [5.74, 6) is 0.166. The minimum absolute atomic E-state index is 0.0240. The number of hydrogen-bond donors (Lipinski definition) is 2. The van der Waals surface area contributed by atoms with Gasteiger partial charge >= 0.3 is 0 Å². The number of aromatic hydroxyl groups is 1. The first-order valence-electron chi connectivity index (χ1n) is 4.21. The number of aromatic nitrogens is 1. The maximum absolute atomic E-state index is 10.8. The fourth-order valence-corrected chi connectivity index (χ4v) is 1.34. The molecule has 0 fully saturated rings. The van der Waals surface area contributed by atoms with Gasteiger partial charge in [0.1, 0.15) is 5.75 Å². The number of carbonyl (C=O) groups is 1. The Balaban J connectivity index is 2.63. The van der Waals surface area contributed by atoms with Crippen molar-refractivity contribution >= 4 is 12.2 Å². The molecule has 0 spiro atoms. The molecule has 3 N–H and O–H groups in total. The van der Waals surface area contributed by atoms with E-state index in [4.69, 9.17) is 10.3 Å². The number of rotatable bonds is 2. The van der Waals surface area contributed by atoms with Gasteiger partial charge in [0.25, 0.3) is 0 Å². The van der Waals surface area contributed by atoms with Gasteiger partial charge in [-0.25, -0.2) is 0 Å². The first-order chi connectivity index (χ1) is 7.22. The first-order valence-corrected chi connectivity index (χ1v) is 4.21. The SMILES string of the molecule is Nc1oncc1-c1ccc(O)cc1C=O. The summed E-state index contributed by atoms with van der Waals surface area (Å²) in [6, 6.07) is 4.41. The van der Waals surface area contributed by atoms with Crippen molar-refractivity contribution in [3.8, 4) is 16.9 Å². The summed E-state index contributed by atoms with van der Waals surface area (Å²) in [6.45, 7) is 0. The molecule has 76 valence electrons. The van der Waals surface area contributed by atoms with Crippen LogP contribution in [0.5, 0.6) is 5.75 Å². The van der Waals surface area contributed by atoms with Gasteiger partial charge in [-0.2, -0.15) is 0 Å². The molecule has 1 heterocycles. The Bertz CT molecular complexity index is 505. The van der Waals surface area contributed by atoms with Crippen molar-refractivity contribution in [3.63, 3.8) is 0 Å². The third-order valence-corrected chi connectivity index (χ3v) is 2.05. The molecule has 0 bridgehead atoms. The minimum atomic E-state index is 0.0240. The number of benzene rings is 1. The van der Waals surface area contributed by atoms with Gasteiger partial charge in [0, 0.05) is 5.56 Å². The Morgan fingerprint density at radius 3 is 2.80 bits per heavy atom. The van der Waals surface area contributed by atoms with E-state index in [9.17, 15) is 9.90 Å². The lowest BCUT2D eigenvalue weighted by atomic mass is 10.0. The molecule has 0 aliphatic carbocycles. The van der Waals surface area contributed by atoms with Crippen molar-refractivity contribution in [1.82, 2.24) is 5.16 Å². The average molecular weight is 204 g/mol. The van der Waals surface area contributed by atoms with Crippen molar-refractivity contribution < 1.29 is 14.4 Å². The lowest BCUT2D eigenvalue weighted by molar-refractivity contribution is 0.112. The van der Waals surface area contributed by atoms with Gasteiger partial charge < -0.3 is 15.4 Å². The number of anilines is 1. The molecule has 1 aromatic heterocycles. The number of nitrogen functional groups attached to an aromatic ring is 1. The van der Waals surface area contributed by atoms with Gasteiger partial charge in [-0.3, -0.25) is 4.79 Å². The second kappa shape index (κ2) is 3.45. The molecule has 5 heteroatoms. The summed E-state index contributed by atoms with van der Waals surface area (Å²) in [7, 11) is 0. The monoisotopic (exact) mass is 204 g/mol. The zero-order valence-corrected chi connectivity index (χ0v) is 7.68. The third-order valence-electron chi connectivity index (χ3n) is 2.05. The molecule has 5 nitrogen and oxygen atoms in total. The molecule has 2 aromatic rings. The molecule has 15 heavy (non-hydrogen) atoms. The summed E-state index contributed by atoms with van der Waals surface area (Å²) in [5, 5.41) is 12.7. The van der Waals surface area contributed by atoms with E-state index in [1.54, 1.807) is 6.07 Å². The maximum atomic E-state index is 10.8. The van der Waals surface area contributed by atoms with E-state index < -0.39 is 0 Å². The fourth-order valence-electron chi connectivity index (χ4n) is 1.34. The Hall–Kier alpha value is -2.30. The largest absolute Gasteiger partial charge is 0.508 e. The number of phenols is 1. The van der Waals surface area contributed by atoms with E-state index in [0.717, 1.165) is 0 Å². The van der Waals surface area contributed by atoms with Crippen molar-refractivity contribution in [2.24, 2.45) is 0 Å². The lowest BCUT2D eigenvalue weighted by Crippen LogP contribution is -1.90. The molecule has 0 unspecified atom stereocenters. The normalized spacial score (nSPS) is 10.1. The molecule has 0 saturated carbocycles. The smallest absolute Gasteiger partial charge is 0.229 e. The van der Waals surface area contributed by atoms with E-state index in [1.165, 1.54) is 18.3 Å². The Kier molecular flexibility index (Phi) is 2.13. The van der Waals surface area contributed by atoms with Crippen LogP contribution in [0.4, 0.5) is 5.88 Å². The molecular weight excluding hydrogens is 196 g/mol. The Labute approximate surface area is 85.1 Å². The summed E-state index contributed by atoms with van der Waals surface area (Å²) in [4.78, 5) is 10.8. The zero-order valence-electron chi connectivity index (χ0n) is 7.68. The predicted molar refractivity (Wildman–Crippen MR) is 53.4 cm³/mol. The number of hydrogen-bond acceptors (Lipinski definition) is 5. The highest BCUT2D eigenvalue weighted by atomic mass is 16.5. The van der Waals surface area contributed by atoms with Crippen LogP contribution in [0, 0.1) is 0 Å². The quantitative estimate of drug-likeness (QED) is 0.722. The minimum Gasteiger partial charge on any atom is -0.508 e. The van der Waals surface area contributed by atoms with Gasteiger partial charge in [0.05, 0.1) is 11.8 Å². The molecule has 1 aromatic carbocycles. The van der Waals surface area contributed by atoms with Crippen molar-refractivity contribution in [2.45, 2.75) is 0 Å². The molecule has 0 aliphatic rings.